The van der Waals surface area contributed by atoms with Gasteiger partial charge in [-0.2, -0.15) is 0 Å². The Labute approximate surface area is 775 Å². The molecule has 660 valence electrons. The molecule has 5 atom stereocenters. The fourth-order valence-corrected chi connectivity index (χ4v) is 16.0. The number of hydrogen-bond donors (Lipinski definition) is 5. The van der Waals surface area contributed by atoms with Crippen LogP contribution in [0.5, 0.6) is 0 Å². The number of halogens is 7. The van der Waals surface area contributed by atoms with E-state index in [1.807, 2.05) is 120 Å². The van der Waals surface area contributed by atoms with Crippen molar-refractivity contribution in [2.75, 3.05) is 0 Å². The maximum Gasteiger partial charge on any atom is 0.205 e. The van der Waals surface area contributed by atoms with Gasteiger partial charge in [0.2, 0.25) is 28.4 Å². The third-order valence-electron chi connectivity index (χ3n) is 22.2. The summed E-state index contributed by atoms with van der Waals surface area (Å²) in [5.41, 5.74) is 4.39. The standard InChI is InChI=1S/3C21H19ClN2O2.2C20H16ClFN2O2/c1-14-4-7-19-16(10-14)8-9-24(19)13-21(2,26)20(25)12-15-5-6-18(23-3)17(22)11-15;1-14-4-6-16-8-9-24(19(16)10-14)13-21(2,26)20(25)12-15-5-7-18(23-3)17(22)11-15;1-14-5-4-6-19-16(14)9-10-24(19)13-21(2,26)20(25)12-15-7-8-18(23-3)17(22)11-15;1-20(26,12-24-9-8-14-4-3-5-16(22)19(14)24)18(25)11-13-6-7-17(23-2)15(21)10-13;1-20(26,12-24-11-16(22)14-5-3-4-6-18(14)24)19(25)10-13-7-8-17(23-2)15(21)9-13/h3*4-11,26H,12-13H2,1-2H3;3-10,26H,11-12H2,1H3;3-9,11,26H,10,12H2,1H3/t3*21-;2*20-/m00000/s1. The van der Waals surface area contributed by atoms with Crippen LogP contribution in [-0.4, -0.2) is 105 Å². The van der Waals surface area contributed by atoms with E-state index in [9.17, 15) is 58.3 Å². The number of aryl methyl sites for hydroxylation is 3. The van der Waals surface area contributed by atoms with Crippen molar-refractivity contribution in [1.82, 2.24) is 22.8 Å². The van der Waals surface area contributed by atoms with Crippen molar-refractivity contribution in [2.24, 2.45) is 0 Å². The van der Waals surface area contributed by atoms with E-state index in [-0.39, 0.29) is 92.2 Å². The molecule has 20 nitrogen and oxygen atoms in total. The van der Waals surface area contributed by atoms with Gasteiger partial charge in [0.05, 0.1) is 76.6 Å². The largest absolute Gasteiger partial charge is 0.380 e. The average molecular weight is 1840 g/mol. The minimum atomic E-state index is -1.68. The zero-order valence-electron chi connectivity index (χ0n) is 72.1. The van der Waals surface area contributed by atoms with Gasteiger partial charge in [-0.25, -0.2) is 33.0 Å². The molecule has 0 unspecified atom stereocenters. The third-order valence-corrected chi connectivity index (χ3v) is 23.8. The number of para-hydroxylation sites is 2. The summed E-state index contributed by atoms with van der Waals surface area (Å²) in [4.78, 5) is 79.6. The smallest absolute Gasteiger partial charge is 0.205 e. The van der Waals surface area contributed by atoms with Crippen LogP contribution in [0.4, 0.5) is 37.2 Å². The predicted octanol–water partition coefficient (Wildman–Crippen LogP) is 23.2. The SMILES string of the molecule is [C-]#[N+]c1ccc(CC(=O)[C@@](C)(O)Cn2cc(F)c3ccccc32)cc1Cl.[C-]#[N+]c1ccc(CC(=O)[C@@](C)(O)Cn2ccc3c(C)cccc32)cc1Cl.[C-]#[N+]c1ccc(CC(=O)[C@@](C)(O)Cn2ccc3cc(C)ccc32)cc1Cl.[C-]#[N+]c1ccc(CC(=O)[C@@](C)(O)Cn2ccc3ccc(C)cc32)cc1Cl.[C-]#[N+]c1ccc(CC(=O)[C@@](C)(O)Cn2ccc3cccc(F)c32)cc1Cl. The highest BCUT2D eigenvalue weighted by Gasteiger charge is 2.36. The maximum atomic E-state index is 14.1. The van der Waals surface area contributed by atoms with Crippen molar-refractivity contribution in [3.63, 3.8) is 0 Å². The summed E-state index contributed by atoms with van der Waals surface area (Å²) in [6.07, 6.45) is 8.70. The molecule has 0 bridgehead atoms. The van der Waals surface area contributed by atoms with Crippen LogP contribution in [0.2, 0.25) is 25.1 Å². The number of hydrogen-bond acceptors (Lipinski definition) is 10. The molecule has 0 fully saturated rings. The third kappa shape index (κ3) is 23.8. The van der Waals surface area contributed by atoms with E-state index >= 15 is 0 Å². The van der Waals surface area contributed by atoms with Crippen LogP contribution >= 0.6 is 58.0 Å². The highest BCUT2D eigenvalue weighted by atomic mass is 35.5. The molecule has 10 aromatic carbocycles. The Bertz CT molecular complexity index is 6910. The maximum absolute atomic E-state index is 14.1. The van der Waals surface area contributed by atoms with Gasteiger partial charge in [0.25, 0.3) is 0 Å². The summed E-state index contributed by atoms with van der Waals surface area (Å²) < 4.78 is 36.9. The topological polar surface area (TPSA) is 233 Å². The lowest BCUT2D eigenvalue weighted by Gasteiger charge is -2.23. The summed E-state index contributed by atoms with van der Waals surface area (Å²) in [7, 11) is 0. The Morgan fingerprint density at radius 3 is 1.07 bits per heavy atom. The molecule has 0 aliphatic carbocycles. The fraction of sp³-hybridized carbons (Fsp3) is 0.223. The first-order chi connectivity index (χ1) is 61.5. The van der Waals surface area contributed by atoms with Gasteiger partial charge in [0.1, 0.15) is 39.6 Å². The number of carbonyl (C=O) groups is 5. The van der Waals surface area contributed by atoms with Crippen molar-refractivity contribution >= 4 is 170 Å². The Balaban J connectivity index is 0.000000157. The molecule has 27 heteroatoms. The van der Waals surface area contributed by atoms with Crippen molar-refractivity contribution in [2.45, 2.75) is 148 Å². The molecule has 0 aliphatic rings. The first-order valence-electron chi connectivity index (χ1n) is 40.7. The Morgan fingerprint density at radius 1 is 0.315 bits per heavy atom. The number of ketones is 5. The molecule has 0 saturated heterocycles. The van der Waals surface area contributed by atoms with Crippen LogP contribution in [0.3, 0.4) is 0 Å². The van der Waals surface area contributed by atoms with Gasteiger partial charge in [0, 0.05) is 121 Å². The summed E-state index contributed by atoms with van der Waals surface area (Å²) >= 11 is 30.1. The molecule has 0 radical (unpaired) electrons. The quantitative estimate of drug-likeness (QED) is 0.0340. The number of fused-ring (bicyclic) bond motifs is 5. The number of carbonyl (C=O) groups excluding carboxylic acids is 5. The zero-order valence-corrected chi connectivity index (χ0v) is 75.8. The van der Waals surface area contributed by atoms with Crippen LogP contribution in [0.25, 0.3) is 78.7 Å². The normalized spacial score (nSPS) is 13.3. The predicted molar refractivity (Wildman–Crippen MR) is 509 cm³/mol. The van der Waals surface area contributed by atoms with E-state index in [4.69, 9.17) is 90.9 Å². The number of Topliss-reactive ketones (excluding diaryl/α,β-unsaturated/α-hetero) is 5. The summed E-state index contributed by atoms with van der Waals surface area (Å²) in [6, 6.07) is 61.6. The Morgan fingerprint density at radius 2 is 0.646 bits per heavy atom. The van der Waals surface area contributed by atoms with E-state index < -0.39 is 51.2 Å². The molecule has 5 heterocycles. The van der Waals surface area contributed by atoms with Crippen LogP contribution in [0.1, 0.15) is 79.1 Å². The Hall–Kier alpha value is -13.2. The molecule has 130 heavy (non-hydrogen) atoms. The molecule has 0 spiro atoms. The first kappa shape index (κ1) is 97.4. The first-order valence-corrected chi connectivity index (χ1v) is 42.6. The van der Waals surface area contributed by atoms with E-state index in [2.05, 4.69) is 30.3 Å². The molecular formula is C103H89Cl5F2N10O10. The zero-order chi connectivity index (χ0) is 94.5. The van der Waals surface area contributed by atoms with Crippen molar-refractivity contribution in [1.29, 1.82) is 0 Å². The van der Waals surface area contributed by atoms with Crippen molar-refractivity contribution in [3.8, 4) is 0 Å². The number of rotatable bonds is 25. The lowest BCUT2D eigenvalue weighted by Crippen LogP contribution is -2.40. The van der Waals surface area contributed by atoms with Gasteiger partial charge in [-0.3, -0.25) is 24.0 Å². The highest BCUT2D eigenvalue weighted by Crippen LogP contribution is 2.35. The molecule has 0 saturated carbocycles. The van der Waals surface area contributed by atoms with Crippen molar-refractivity contribution < 1.29 is 58.3 Å². The fourth-order valence-electron chi connectivity index (χ4n) is 14.8. The summed E-state index contributed by atoms with van der Waals surface area (Å²) in [5.74, 6) is -2.51. The summed E-state index contributed by atoms with van der Waals surface area (Å²) in [5, 5.41) is 59.5. The van der Waals surface area contributed by atoms with Gasteiger partial charge in [-0.15, -0.1) is 0 Å². The lowest BCUT2D eigenvalue weighted by atomic mass is 9.94. The molecule has 5 aromatic heterocycles. The molecule has 0 amide bonds. The number of aliphatic hydroxyl groups is 5. The van der Waals surface area contributed by atoms with E-state index in [1.54, 1.807) is 140 Å². The van der Waals surface area contributed by atoms with E-state index in [0.29, 0.717) is 93.1 Å². The minimum Gasteiger partial charge on any atom is -0.380 e. The van der Waals surface area contributed by atoms with Gasteiger partial charge < -0.3 is 48.4 Å². The second-order valence-electron chi connectivity index (χ2n) is 33.1. The van der Waals surface area contributed by atoms with Crippen LogP contribution < -0.4 is 0 Å². The highest BCUT2D eigenvalue weighted by molar-refractivity contribution is 6.35. The van der Waals surface area contributed by atoms with Crippen LogP contribution in [0.15, 0.2) is 243 Å². The summed E-state index contributed by atoms with van der Waals surface area (Å²) in [6.45, 7) is 48.9. The lowest BCUT2D eigenvalue weighted by molar-refractivity contribution is -0.136. The van der Waals surface area contributed by atoms with Crippen molar-refractivity contribution in [3.05, 3.63) is 382 Å². The second kappa shape index (κ2) is 41.5. The number of nitrogens with zero attached hydrogens (tertiary/aromatic N) is 10. The molecule has 15 rings (SSSR count). The molecule has 15 aromatic rings. The average Bonchev–Trinajstić information content (AvgIpc) is 1.61. The van der Waals surface area contributed by atoms with E-state index in [0.717, 1.165) is 49.4 Å². The second-order valence-corrected chi connectivity index (χ2v) is 35.1. The van der Waals surface area contributed by atoms with E-state index in [1.165, 1.54) is 56.0 Å². The molecule has 0 aliphatic heterocycles. The Kier molecular flexibility index (Phi) is 31.1. The number of benzene rings is 10. The van der Waals surface area contributed by atoms with Crippen LogP contribution in [-0.2, 0) is 88.8 Å². The van der Waals surface area contributed by atoms with Gasteiger partial charge >= 0.3 is 0 Å². The monoisotopic (exact) mass is 1840 g/mol. The molecule has 5 N–H and O–H groups in total. The van der Waals surface area contributed by atoms with Gasteiger partial charge in [0.15, 0.2) is 28.9 Å². The van der Waals surface area contributed by atoms with Gasteiger partial charge in [-0.1, -0.05) is 209 Å². The van der Waals surface area contributed by atoms with Gasteiger partial charge in [-0.05, 0) is 172 Å². The minimum absolute atomic E-state index is 0.0350. The number of aromatic nitrogens is 5. The molecular weight excluding hydrogens is 1750 g/mol. The van der Waals surface area contributed by atoms with Crippen LogP contribution in [0, 0.1) is 65.3 Å².